The lowest BCUT2D eigenvalue weighted by molar-refractivity contribution is -0.129. The highest BCUT2D eigenvalue weighted by molar-refractivity contribution is 5.78. The maximum absolute atomic E-state index is 11.7. The summed E-state index contributed by atoms with van der Waals surface area (Å²) in [6.45, 7) is 1.96. The highest BCUT2D eigenvalue weighted by Crippen LogP contribution is 2.13. The van der Waals surface area contributed by atoms with Gasteiger partial charge in [-0.2, -0.15) is 0 Å². The lowest BCUT2D eigenvalue weighted by Crippen LogP contribution is -2.35. The van der Waals surface area contributed by atoms with Crippen molar-refractivity contribution in [1.29, 1.82) is 0 Å². The molecule has 1 aliphatic heterocycles. The molecule has 1 aromatic rings. The van der Waals surface area contributed by atoms with Crippen molar-refractivity contribution in [3.63, 3.8) is 0 Å². The molecule has 2 N–H and O–H groups in total. The van der Waals surface area contributed by atoms with Gasteiger partial charge in [0.25, 0.3) is 0 Å². The number of rotatable bonds is 3. The van der Waals surface area contributed by atoms with Crippen LogP contribution in [-0.2, 0) is 16.1 Å². The van der Waals surface area contributed by atoms with E-state index in [0.717, 1.165) is 25.0 Å². The van der Waals surface area contributed by atoms with Crippen molar-refractivity contribution in [1.82, 2.24) is 10.3 Å². The van der Waals surface area contributed by atoms with Crippen molar-refractivity contribution in [2.24, 2.45) is 5.92 Å². The molecule has 0 radical (unpaired) electrons. The average molecular weight is 208 g/mol. The molecule has 0 aromatic carbocycles. The second-order valence-electron chi connectivity index (χ2n) is 3.85. The highest BCUT2D eigenvalue weighted by atomic mass is 16.5. The number of amides is 1. The van der Waals surface area contributed by atoms with Crippen molar-refractivity contribution in [2.75, 3.05) is 13.2 Å². The number of carbonyl (C=O) groups excluding carboxylic acids is 1. The van der Waals surface area contributed by atoms with Crippen molar-refractivity contribution in [3.8, 4) is 0 Å². The van der Waals surface area contributed by atoms with Gasteiger partial charge in [-0.15, -0.1) is 0 Å². The van der Waals surface area contributed by atoms with Crippen LogP contribution >= 0.6 is 0 Å². The first-order valence-electron chi connectivity index (χ1n) is 5.33. The monoisotopic (exact) mass is 208 g/mol. The van der Waals surface area contributed by atoms with Gasteiger partial charge in [-0.1, -0.05) is 0 Å². The molecule has 2 rings (SSSR count). The molecule has 82 valence electrons. The van der Waals surface area contributed by atoms with Gasteiger partial charge in [-0.25, -0.2) is 0 Å². The Balaban J connectivity index is 1.76. The summed E-state index contributed by atoms with van der Waals surface area (Å²) in [4.78, 5) is 14.6. The van der Waals surface area contributed by atoms with Crippen LogP contribution in [0.2, 0.25) is 0 Å². The fourth-order valence-electron chi connectivity index (χ4n) is 1.75. The molecular weight excluding hydrogens is 192 g/mol. The molecule has 1 unspecified atom stereocenters. The Morgan fingerprint density at radius 1 is 1.67 bits per heavy atom. The molecule has 0 aliphatic carbocycles. The van der Waals surface area contributed by atoms with Crippen LogP contribution in [0.5, 0.6) is 0 Å². The largest absolute Gasteiger partial charge is 0.381 e. The first-order valence-corrected chi connectivity index (χ1v) is 5.33. The predicted molar refractivity (Wildman–Crippen MR) is 56.2 cm³/mol. The zero-order chi connectivity index (χ0) is 10.5. The zero-order valence-corrected chi connectivity index (χ0v) is 8.66. The van der Waals surface area contributed by atoms with Gasteiger partial charge in [0, 0.05) is 25.5 Å². The van der Waals surface area contributed by atoms with Crippen LogP contribution in [0.15, 0.2) is 18.5 Å². The molecule has 2 heterocycles. The van der Waals surface area contributed by atoms with E-state index in [1.807, 2.05) is 18.5 Å². The molecule has 0 bridgehead atoms. The fourth-order valence-corrected chi connectivity index (χ4v) is 1.75. The van der Waals surface area contributed by atoms with Crippen LogP contribution in [0.3, 0.4) is 0 Å². The molecule has 4 nitrogen and oxygen atoms in total. The topological polar surface area (TPSA) is 54.1 Å². The van der Waals surface area contributed by atoms with Crippen LogP contribution in [0.1, 0.15) is 18.4 Å². The highest BCUT2D eigenvalue weighted by Gasteiger charge is 2.21. The average Bonchev–Trinajstić information content (AvgIpc) is 2.80. The third-order valence-electron chi connectivity index (χ3n) is 2.66. The van der Waals surface area contributed by atoms with E-state index >= 15 is 0 Å². The van der Waals surface area contributed by atoms with Crippen LogP contribution in [0.4, 0.5) is 0 Å². The summed E-state index contributed by atoms with van der Waals surface area (Å²) in [5.74, 6) is 0.147. The van der Waals surface area contributed by atoms with Gasteiger partial charge in [0.2, 0.25) is 5.91 Å². The molecule has 1 amide bonds. The van der Waals surface area contributed by atoms with Gasteiger partial charge in [-0.05, 0) is 24.5 Å². The Hall–Kier alpha value is -1.29. The molecule has 1 saturated heterocycles. The second kappa shape index (κ2) is 4.98. The van der Waals surface area contributed by atoms with E-state index in [-0.39, 0.29) is 11.8 Å². The second-order valence-corrected chi connectivity index (χ2v) is 3.85. The van der Waals surface area contributed by atoms with Gasteiger partial charge in [0.1, 0.15) is 0 Å². The molecule has 1 aromatic heterocycles. The number of nitrogens with one attached hydrogen (secondary N) is 2. The maximum Gasteiger partial charge on any atom is 0.225 e. The molecule has 15 heavy (non-hydrogen) atoms. The Kier molecular flexibility index (Phi) is 3.40. The first kappa shape index (κ1) is 10.2. The van der Waals surface area contributed by atoms with E-state index in [4.69, 9.17) is 4.74 Å². The summed E-state index contributed by atoms with van der Waals surface area (Å²) in [5.41, 5.74) is 1.10. The normalized spacial score (nSPS) is 21.2. The maximum atomic E-state index is 11.7. The number of aromatic nitrogens is 1. The summed E-state index contributed by atoms with van der Waals surface area (Å²) < 4.78 is 5.27. The van der Waals surface area contributed by atoms with Gasteiger partial charge in [0.15, 0.2) is 0 Å². The fraction of sp³-hybridized carbons (Fsp3) is 0.545. The number of hydrogen-bond donors (Lipinski definition) is 2. The number of ether oxygens (including phenoxy) is 1. The minimum absolute atomic E-state index is 0.0395. The predicted octanol–water partition coefficient (Wildman–Crippen LogP) is 1.06. The summed E-state index contributed by atoms with van der Waals surface area (Å²) in [5, 5.41) is 2.92. The van der Waals surface area contributed by atoms with E-state index in [1.54, 1.807) is 0 Å². The van der Waals surface area contributed by atoms with E-state index < -0.39 is 0 Å². The summed E-state index contributed by atoms with van der Waals surface area (Å²) in [7, 11) is 0. The Morgan fingerprint density at radius 3 is 3.27 bits per heavy atom. The number of H-pyrrole nitrogens is 1. The summed E-state index contributed by atoms with van der Waals surface area (Å²) >= 11 is 0. The van der Waals surface area contributed by atoms with Crippen molar-refractivity contribution >= 4 is 5.91 Å². The lowest BCUT2D eigenvalue weighted by atomic mass is 10.0. The van der Waals surface area contributed by atoms with Gasteiger partial charge >= 0.3 is 0 Å². The molecule has 4 heteroatoms. The van der Waals surface area contributed by atoms with Gasteiger partial charge in [0.05, 0.1) is 12.5 Å². The van der Waals surface area contributed by atoms with Crippen LogP contribution < -0.4 is 5.32 Å². The van der Waals surface area contributed by atoms with E-state index in [9.17, 15) is 4.79 Å². The Morgan fingerprint density at radius 2 is 2.60 bits per heavy atom. The minimum atomic E-state index is 0.0395. The van der Waals surface area contributed by atoms with Crippen LogP contribution in [0, 0.1) is 5.92 Å². The van der Waals surface area contributed by atoms with E-state index in [1.165, 1.54) is 0 Å². The summed E-state index contributed by atoms with van der Waals surface area (Å²) in [6, 6.07) is 1.96. The van der Waals surface area contributed by atoms with Crippen molar-refractivity contribution in [2.45, 2.75) is 19.4 Å². The SMILES string of the molecule is O=C(NCc1cc[nH]c1)C1CCCOC1. The zero-order valence-electron chi connectivity index (χ0n) is 8.66. The lowest BCUT2D eigenvalue weighted by Gasteiger charge is -2.21. The van der Waals surface area contributed by atoms with E-state index in [0.29, 0.717) is 13.2 Å². The quantitative estimate of drug-likeness (QED) is 0.780. The smallest absolute Gasteiger partial charge is 0.225 e. The standard InChI is InChI=1S/C11H16N2O2/c14-11(10-2-1-5-15-8-10)13-7-9-3-4-12-6-9/h3-4,6,10,12H,1-2,5,7-8H2,(H,13,14). The number of aromatic amines is 1. The van der Waals surface area contributed by atoms with Crippen LogP contribution in [-0.4, -0.2) is 24.1 Å². The van der Waals surface area contributed by atoms with Crippen molar-refractivity contribution < 1.29 is 9.53 Å². The van der Waals surface area contributed by atoms with E-state index in [2.05, 4.69) is 10.3 Å². The molecule has 1 aliphatic rings. The first-order chi connectivity index (χ1) is 7.36. The van der Waals surface area contributed by atoms with Crippen molar-refractivity contribution in [3.05, 3.63) is 24.0 Å². The number of hydrogen-bond acceptors (Lipinski definition) is 2. The molecular formula is C11H16N2O2. The third-order valence-corrected chi connectivity index (χ3v) is 2.66. The van der Waals surface area contributed by atoms with Gasteiger partial charge in [-0.3, -0.25) is 4.79 Å². The minimum Gasteiger partial charge on any atom is -0.381 e. The molecule has 0 spiro atoms. The summed E-state index contributed by atoms with van der Waals surface area (Å²) in [6.07, 6.45) is 5.67. The third kappa shape index (κ3) is 2.83. The van der Waals surface area contributed by atoms with Crippen LogP contribution in [0.25, 0.3) is 0 Å². The Labute approximate surface area is 89.0 Å². The molecule has 1 atom stereocenters. The number of carbonyl (C=O) groups is 1. The Bertz CT molecular complexity index is 302. The molecule has 0 saturated carbocycles. The van der Waals surface area contributed by atoms with Gasteiger partial charge < -0.3 is 15.0 Å². The molecule has 1 fully saturated rings.